The molecule has 5 nitrogen and oxygen atoms in total. The van der Waals surface area contributed by atoms with Crippen LogP contribution in [-0.4, -0.2) is 31.9 Å². The highest BCUT2D eigenvalue weighted by atomic mass is 16.3. The van der Waals surface area contributed by atoms with Crippen LogP contribution in [0.5, 0.6) is 0 Å². The van der Waals surface area contributed by atoms with Crippen molar-refractivity contribution in [3.63, 3.8) is 0 Å². The number of nitrogens with zero attached hydrogens (tertiary/aromatic N) is 4. The predicted octanol–water partition coefficient (Wildman–Crippen LogP) is 0.551. The van der Waals surface area contributed by atoms with Crippen molar-refractivity contribution in [3.05, 3.63) is 5.82 Å². The molecular weight excluding hydrogens is 204 g/mol. The van der Waals surface area contributed by atoms with Crippen molar-refractivity contribution in [1.82, 2.24) is 20.2 Å². The minimum Gasteiger partial charge on any atom is -0.396 e. The summed E-state index contributed by atoms with van der Waals surface area (Å²) in [5.41, 5.74) is 0.0476. The standard InChI is InChI=1S/C11H18N4O/c1-15-13-10(12-14-15)6-11(7-16)5-8-2-3-9(11)4-8/h8-9,16H,2-7H2,1H3. The molecule has 1 aromatic rings. The quantitative estimate of drug-likeness (QED) is 0.811. The molecule has 0 spiro atoms. The van der Waals surface area contributed by atoms with Crippen molar-refractivity contribution in [2.75, 3.05) is 6.61 Å². The molecule has 88 valence electrons. The van der Waals surface area contributed by atoms with Gasteiger partial charge in [0, 0.05) is 18.4 Å². The zero-order chi connectivity index (χ0) is 11.2. The van der Waals surface area contributed by atoms with E-state index in [9.17, 15) is 5.11 Å². The highest BCUT2D eigenvalue weighted by Gasteiger charge is 2.50. The predicted molar refractivity (Wildman–Crippen MR) is 57.5 cm³/mol. The van der Waals surface area contributed by atoms with Gasteiger partial charge in [-0.05, 0) is 36.3 Å². The first kappa shape index (κ1) is 10.2. The van der Waals surface area contributed by atoms with Gasteiger partial charge >= 0.3 is 0 Å². The molecule has 3 unspecified atom stereocenters. The molecule has 2 saturated carbocycles. The van der Waals surface area contributed by atoms with E-state index >= 15 is 0 Å². The topological polar surface area (TPSA) is 63.8 Å². The van der Waals surface area contributed by atoms with Crippen LogP contribution in [0.25, 0.3) is 0 Å². The van der Waals surface area contributed by atoms with Crippen molar-refractivity contribution in [1.29, 1.82) is 0 Å². The Morgan fingerprint density at radius 3 is 2.88 bits per heavy atom. The van der Waals surface area contributed by atoms with E-state index in [1.54, 1.807) is 7.05 Å². The van der Waals surface area contributed by atoms with Crippen molar-refractivity contribution in [2.24, 2.45) is 24.3 Å². The van der Waals surface area contributed by atoms with Gasteiger partial charge in [-0.2, -0.15) is 4.80 Å². The lowest BCUT2D eigenvalue weighted by Gasteiger charge is -2.35. The summed E-state index contributed by atoms with van der Waals surface area (Å²) in [5, 5.41) is 21.9. The Morgan fingerprint density at radius 2 is 2.38 bits per heavy atom. The number of rotatable bonds is 3. The third-order valence-electron chi connectivity index (χ3n) is 4.48. The molecule has 1 N–H and O–H groups in total. The molecule has 3 rings (SSSR count). The Labute approximate surface area is 94.8 Å². The van der Waals surface area contributed by atoms with Crippen LogP contribution >= 0.6 is 0 Å². The van der Waals surface area contributed by atoms with E-state index < -0.39 is 0 Å². The van der Waals surface area contributed by atoms with Crippen LogP contribution in [0.2, 0.25) is 0 Å². The first-order valence-electron chi connectivity index (χ1n) is 6.05. The van der Waals surface area contributed by atoms with Gasteiger partial charge in [-0.15, -0.1) is 10.2 Å². The van der Waals surface area contributed by atoms with Gasteiger partial charge in [0.15, 0.2) is 5.82 Å². The largest absolute Gasteiger partial charge is 0.396 e. The summed E-state index contributed by atoms with van der Waals surface area (Å²) >= 11 is 0. The van der Waals surface area contributed by atoms with Crippen LogP contribution in [0.3, 0.4) is 0 Å². The van der Waals surface area contributed by atoms with Crippen LogP contribution < -0.4 is 0 Å². The number of aromatic nitrogens is 4. The second-order valence-electron chi connectivity index (χ2n) is 5.47. The number of hydrogen-bond donors (Lipinski definition) is 1. The van der Waals surface area contributed by atoms with Gasteiger partial charge in [-0.3, -0.25) is 0 Å². The number of hydrogen-bond acceptors (Lipinski definition) is 4. The van der Waals surface area contributed by atoms with E-state index in [4.69, 9.17) is 0 Å². The third kappa shape index (κ3) is 1.45. The van der Waals surface area contributed by atoms with Crippen molar-refractivity contribution in [3.8, 4) is 0 Å². The summed E-state index contributed by atoms with van der Waals surface area (Å²) in [6.45, 7) is 0.270. The second-order valence-corrected chi connectivity index (χ2v) is 5.47. The summed E-state index contributed by atoms with van der Waals surface area (Å²) in [4.78, 5) is 1.49. The van der Waals surface area contributed by atoms with Gasteiger partial charge in [-0.1, -0.05) is 6.42 Å². The zero-order valence-electron chi connectivity index (χ0n) is 9.63. The fraction of sp³-hybridized carbons (Fsp3) is 0.909. The molecule has 0 amide bonds. The maximum Gasteiger partial charge on any atom is 0.175 e. The maximum atomic E-state index is 9.72. The molecule has 2 fully saturated rings. The number of fused-ring (bicyclic) bond motifs is 2. The fourth-order valence-corrected chi connectivity index (χ4v) is 3.73. The van der Waals surface area contributed by atoms with Gasteiger partial charge in [0.05, 0.1) is 7.05 Å². The van der Waals surface area contributed by atoms with Gasteiger partial charge < -0.3 is 5.11 Å². The molecule has 3 atom stereocenters. The average molecular weight is 222 g/mol. The lowest BCUT2D eigenvalue weighted by molar-refractivity contribution is 0.0631. The molecule has 0 saturated heterocycles. The monoisotopic (exact) mass is 222 g/mol. The summed E-state index contributed by atoms with van der Waals surface area (Å²) in [5.74, 6) is 2.28. The molecule has 1 aromatic heterocycles. The van der Waals surface area contributed by atoms with Crippen molar-refractivity contribution >= 4 is 0 Å². The Morgan fingerprint density at radius 1 is 1.50 bits per heavy atom. The number of aliphatic hydroxyl groups is 1. The third-order valence-corrected chi connectivity index (χ3v) is 4.48. The summed E-state index contributed by atoms with van der Waals surface area (Å²) in [6.07, 6.45) is 5.84. The first-order chi connectivity index (χ1) is 7.72. The maximum absolute atomic E-state index is 9.72. The lowest BCUT2D eigenvalue weighted by atomic mass is 9.71. The number of aryl methyl sites for hydroxylation is 1. The first-order valence-corrected chi connectivity index (χ1v) is 6.05. The van der Waals surface area contributed by atoms with Crippen LogP contribution in [0, 0.1) is 17.3 Å². The lowest BCUT2D eigenvalue weighted by Crippen LogP contribution is -2.34. The smallest absolute Gasteiger partial charge is 0.175 e. The molecule has 1 heterocycles. The Kier molecular flexibility index (Phi) is 2.24. The van der Waals surface area contributed by atoms with E-state index in [1.807, 2.05) is 0 Å². The minimum absolute atomic E-state index is 0.0476. The van der Waals surface area contributed by atoms with E-state index in [-0.39, 0.29) is 12.0 Å². The van der Waals surface area contributed by atoms with Crippen LogP contribution in [0.15, 0.2) is 0 Å². The van der Waals surface area contributed by atoms with Crippen molar-refractivity contribution < 1.29 is 5.11 Å². The molecule has 0 aromatic carbocycles. The number of tetrazole rings is 1. The highest BCUT2D eigenvalue weighted by molar-refractivity contribution is 5.04. The van der Waals surface area contributed by atoms with Crippen LogP contribution in [0.1, 0.15) is 31.5 Å². The molecule has 2 aliphatic carbocycles. The highest BCUT2D eigenvalue weighted by Crippen LogP contribution is 2.56. The molecule has 0 radical (unpaired) electrons. The Hall–Kier alpha value is -0.970. The van der Waals surface area contributed by atoms with E-state index in [2.05, 4.69) is 15.4 Å². The van der Waals surface area contributed by atoms with E-state index in [0.717, 1.165) is 24.6 Å². The van der Waals surface area contributed by atoms with Crippen molar-refractivity contribution in [2.45, 2.75) is 32.1 Å². The molecule has 16 heavy (non-hydrogen) atoms. The Bertz CT molecular complexity index is 391. The zero-order valence-corrected chi connectivity index (χ0v) is 9.63. The van der Waals surface area contributed by atoms with Crippen LogP contribution in [-0.2, 0) is 13.5 Å². The molecule has 2 aliphatic rings. The molecule has 2 bridgehead atoms. The molecular formula is C11H18N4O. The van der Waals surface area contributed by atoms with Gasteiger partial charge in [0.2, 0.25) is 0 Å². The van der Waals surface area contributed by atoms with Gasteiger partial charge in [0.25, 0.3) is 0 Å². The SMILES string of the molecule is Cn1nnc(CC2(CO)CC3CCC2C3)n1. The summed E-state index contributed by atoms with van der Waals surface area (Å²) < 4.78 is 0. The van der Waals surface area contributed by atoms with Gasteiger partial charge in [-0.25, -0.2) is 0 Å². The van der Waals surface area contributed by atoms with Crippen LogP contribution in [0.4, 0.5) is 0 Å². The van der Waals surface area contributed by atoms with E-state index in [0.29, 0.717) is 5.92 Å². The summed E-state index contributed by atoms with van der Waals surface area (Å²) in [6, 6.07) is 0. The number of aliphatic hydroxyl groups excluding tert-OH is 1. The fourth-order valence-electron chi connectivity index (χ4n) is 3.73. The van der Waals surface area contributed by atoms with Gasteiger partial charge in [0.1, 0.15) is 0 Å². The van der Waals surface area contributed by atoms with E-state index in [1.165, 1.54) is 24.1 Å². The normalized spacial score (nSPS) is 37.1. The Balaban J connectivity index is 1.81. The molecule has 5 heteroatoms. The average Bonchev–Trinajstić information content (AvgIpc) is 2.94. The summed E-state index contributed by atoms with van der Waals surface area (Å²) in [7, 11) is 1.78. The minimum atomic E-state index is 0.0476. The second kappa shape index (κ2) is 3.52. The molecule has 0 aliphatic heterocycles.